The summed E-state index contributed by atoms with van der Waals surface area (Å²) in [5.74, 6) is -1.33. The van der Waals surface area contributed by atoms with Crippen LogP contribution in [-0.4, -0.2) is 34.5 Å². The van der Waals surface area contributed by atoms with Crippen LogP contribution in [-0.2, 0) is 11.3 Å². The fraction of sp³-hybridized carbons (Fsp3) is 0.467. The molecule has 1 aliphatic heterocycles. The Morgan fingerprint density at radius 3 is 2.70 bits per heavy atom. The molecule has 3 N–H and O–H groups in total. The summed E-state index contributed by atoms with van der Waals surface area (Å²) < 4.78 is 0. The Bertz CT molecular complexity index is 516. The van der Waals surface area contributed by atoms with Crippen LogP contribution < -0.4 is 5.73 Å². The third kappa shape index (κ3) is 3.17. The van der Waals surface area contributed by atoms with Gasteiger partial charge in [0.1, 0.15) is 0 Å². The number of hydrogen-bond acceptors (Lipinski definition) is 3. The normalized spacial score (nSPS) is 23.4. The van der Waals surface area contributed by atoms with E-state index in [9.17, 15) is 14.7 Å². The summed E-state index contributed by atoms with van der Waals surface area (Å²) in [5.41, 5.74) is 6.48. The highest BCUT2D eigenvalue weighted by Crippen LogP contribution is 2.24. The van der Waals surface area contributed by atoms with Crippen LogP contribution in [0.1, 0.15) is 35.7 Å². The predicted octanol–water partition coefficient (Wildman–Crippen LogP) is 1.47. The summed E-state index contributed by atoms with van der Waals surface area (Å²) in [4.78, 5) is 24.7. The second-order valence-corrected chi connectivity index (χ2v) is 5.42. The number of carboxylic acid groups (broad SMARTS) is 1. The first kappa shape index (κ1) is 14.5. The zero-order valence-corrected chi connectivity index (χ0v) is 11.6. The molecule has 0 spiro atoms. The van der Waals surface area contributed by atoms with Gasteiger partial charge in [0.2, 0.25) is 5.91 Å². The number of benzene rings is 1. The molecule has 1 fully saturated rings. The molecule has 5 heteroatoms. The van der Waals surface area contributed by atoms with Gasteiger partial charge < -0.3 is 10.8 Å². The standard InChI is InChI=1S/C15H20N2O3/c1-10-6-7-12(14(16)18)9-17(10)8-11-4-2-3-5-13(11)15(19)20/h2-5,10,12H,6-9H2,1H3,(H2,16,18)(H,19,20). The Labute approximate surface area is 118 Å². The lowest BCUT2D eigenvalue weighted by atomic mass is 9.92. The average molecular weight is 276 g/mol. The van der Waals surface area contributed by atoms with Crippen molar-refractivity contribution in [3.63, 3.8) is 0 Å². The van der Waals surface area contributed by atoms with Crippen LogP contribution in [0.3, 0.4) is 0 Å². The van der Waals surface area contributed by atoms with Crippen LogP contribution in [0.15, 0.2) is 24.3 Å². The van der Waals surface area contributed by atoms with E-state index in [2.05, 4.69) is 11.8 Å². The number of aromatic carboxylic acids is 1. The van der Waals surface area contributed by atoms with Crippen LogP contribution >= 0.6 is 0 Å². The Hall–Kier alpha value is -1.88. The van der Waals surface area contributed by atoms with Gasteiger partial charge >= 0.3 is 5.97 Å². The predicted molar refractivity (Wildman–Crippen MR) is 75.2 cm³/mol. The summed E-state index contributed by atoms with van der Waals surface area (Å²) in [6.07, 6.45) is 1.72. The molecule has 1 amide bonds. The van der Waals surface area contributed by atoms with Gasteiger partial charge in [0.05, 0.1) is 11.5 Å². The van der Waals surface area contributed by atoms with Crippen LogP contribution in [0, 0.1) is 5.92 Å². The number of piperidine rings is 1. The number of carbonyl (C=O) groups excluding carboxylic acids is 1. The third-order valence-electron chi connectivity index (χ3n) is 4.03. The summed E-state index contributed by atoms with van der Waals surface area (Å²) in [7, 11) is 0. The molecule has 1 heterocycles. The van der Waals surface area contributed by atoms with Gasteiger partial charge in [0, 0.05) is 19.1 Å². The number of amides is 1. The van der Waals surface area contributed by atoms with E-state index >= 15 is 0 Å². The maximum absolute atomic E-state index is 11.3. The van der Waals surface area contributed by atoms with Crippen molar-refractivity contribution in [2.45, 2.75) is 32.4 Å². The van der Waals surface area contributed by atoms with Crippen molar-refractivity contribution >= 4 is 11.9 Å². The van der Waals surface area contributed by atoms with Crippen molar-refractivity contribution in [2.24, 2.45) is 11.7 Å². The van der Waals surface area contributed by atoms with Crippen molar-refractivity contribution in [1.82, 2.24) is 4.90 Å². The second-order valence-electron chi connectivity index (χ2n) is 5.42. The highest BCUT2D eigenvalue weighted by Gasteiger charge is 2.29. The van der Waals surface area contributed by atoms with Crippen molar-refractivity contribution in [2.75, 3.05) is 6.54 Å². The number of carbonyl (C=O) groups is 2. The average Bonchev–Trinajstić information content (AvgIpc) is 2.41. The summed E-state index contributed by atoms with van der Waals surface area (Å²) in [6, 6.07) is 7.32. The molecule has 2 unspecified atom stereocenters. The highest BCUT2D eigenvalue weighted by molar-refractivity contribution is 5.89. The van der Waals surface area contributed by atoms with E-state index in [-0.39, 0.29) is 11.8 Å². The van der Waals surface area contributed by atoms with Gasteiger partial charge in [-0.05, 0) is 31.4 Å². The molecular formula is C15H20N2O3. The first-order chi connectivity index (χ1) is 9.49. The quantitative estimate of drug-likeness (QED) is 0.872. The molecule has 1 aromatic rings. The van der Waals surface area contributed by atoms with E-state index in [0.717, 1.165) is 18.4 Å². The molecule has 0 aliphatic carbocycles. The van der Waals surface area contributed by atoms with Gasteiger partial charge in [-0.3, -0.25) is 9.69 Å². The minimum Gasteiger partial charge on any atom is -0.478 e. The van der Waals surface area contributed by atoms with Crippen molar-refractivity contribution in [3.8, 4) is 0 Å². The molecule has 20 heavy (non-hydrogen) atoms. The zero-order chi connectivity index (χ0) is 14.7. The Balaban J connectivity index is 2.16. The maximum Gasteiger partial charge on any atom is 0.336 e. The van der Waals surface area contributed by atoms with Crippen LogP contribution in [0.5, 0.6) is 0 Å². The SMILES string of the molecule is CC1CCC(C(N)=O)CN1Cc1ccccc1C(=O)O. The second kappa shape index (κ2) is 6.05. The zero-order valence-electron chi connectivity index (χ0n) is 11.6. The Kier molecular flexibility index (Phi) is 4.39. The Morgan fingerprint density at radius 1 is 1.35 bits per heavy atom. The molecule has 0 saturated carbocycles. The van der Waals surface area contributed by atoms with Crippen LogP contribution in [0.2, 0.25) is 0 Å². The lowest BCUT2D eigenvalue weighted by molar-refractivity contribution is -0.124. The summed E-state index contributed by atoms with van der Waals surface area (Å²) in [6.45, 7) is 3.23. The number of nitrogens with two attached hydrogens (primary N) is 1. The highest BCUT2D eigenvalue weighted by atomic mass is 16.4. The fourth-order valence-electron chi connectivity index (χ4n) is 2.72. The minimum atomic E-state index is -0.920. The molecule has 0 aromatic heterocycles. The Morgan fingerprint density at radius 2 is 2.05 bits per heavy atom. The first-order valence-corrected chi connectivity index (χ1v) is 6.83. The van der Waals surface area contributed by atoms with E-state index in [1.54, 1.807) is 12.1 Å². The third-order valence-corrected chi connectivity index (χ3v) is 4.03. The van der Waals surface area contributed by atoms with Crippen LogP contribution in [0.25, 0.3) is 0 Å². The lowest BCUT2D eigenvalue weighted by Gasteiger charge is -2.37. The minimum absolute atomic E-state index is 0.136. The van der Waals surface area contributed by atoms with E-state index in [0.29, 0.717) is 24.7 Å². The van der Waals surface area contributed by atoms with Gasteiger partial charge in [0.15, 0.2) is 0 Å². The van der Waals surface area contributed by atoms with E-state index in [1.165, 1.54) is 0 Å². The van der Waals surface area contributed by atoms with Gasteiger partial charge in [-0.2, -0.15) is 0 Å². The van der Waals surface area contributed by atoms with E-state index < -0.39 is 5.97 Å². The summed E-state index contributed by atoms with van der Waals surface area (Å²) in [5, 5.41) is 9.21. The lowest BCUT2D eigenvalue weighted by Crippen LogP contribution is -2.45. The largest absolute Gasteiger partial charge is 0.478 e. The van der Waals surface area contributed by atoms with E-state index in [1.807, 2.05) is 12.1 Å². The molecule has 2 rings (SSSR count). The molecule has 0 bridgehead atoms. The monoisotopic (exact) mass is 276 g/mol. The molecule has 0 radical (unpaired) electrons. The molecule has 1 aromatic carbocycles. The van der Waals surface area contributed by atoms with Gasteiger partial charge in [-0.1, -0.05) is 18.2 Å². The van der Waals surface area contributed by atoms with Gasteiger partial charge in [-0.15, -0.1) is 0 Å². The number of primary amides is 1. The maximum atomic E-state index is 11.3. The molecular weight excluding hydrogens is 256 g/mol. The van der Waals surface area contributed by atoms with E-state index in [4.69, 9.17) is 5.73 Å². The van der Waals surface area contributed by atoms with Gasteiger partial charge in [-0.25, -0.2) is 4.79 Å². The molecule has 1 saturated heterocycles. The van der Waals surface area contributed by atoms with Crippen molar-refractivity contribution in [3.05, 3.63) is 35.4 Å². The number of likely N-dealkylation sites (tertiary alicyclic amines) is 1. The van der Waals surface area contributed by atoms with Crippen molar-refractivity contribution < 1.29 is 14.7 Å². The number of rotatable bonds is 4. The molecule has 108 valence electrons. The molecule has 1 aliphatic rings. The topological polar surface area (TPSA) is 83.6 Å². The van der Waals surface area contributed by atoms with Gasteiger partial charge in [0.25, 0.3) is 0 Å². The molecule has 2 atom stereocenters. The number of hydrogen-bond donors (Lipinski definition) is 2. The molecule has 5 nitrogen and oxygen atoms in total. The van der Waals surface area contributed by atoms with Crippen LogP contribution in [0.4, 0.5) is 0 Å². The summed E-state index contributed by atoms with van der Waals surface area (Å²) >= 11 is 0. The fourth-order valence-corrected chi connectivity index (χ4v) is 2.72. The van der Waals surface area contributed by atoms with Crippen molar-refractivity contribution in [1.29, 1.82) is 0 Å². The smallest absolute Gasteiger partial charge is 0.336 e. The number of carboxylic acids is 1. The first-order valence-electron chi connectivity index (χ1n) is 6.83. The number of nitrogens with zero attached hydrogens (tertiary/aromatic N) is 1.